The van der Waals surface area contributed by atoms with Gasteiger partial charge in [0.1, 0.15) is 11.9 Å². The van der Waals surface area contributed by atoms with Crippen LogP contribution in [0.3, 0.4) is 0 Å². The molecule has 0 amide bonds. The molecule has 4 N–H and O–H groups in total. The highest BCUT2D eigenvalue weighted by Crippen LogP contribution is 2.34. The lowest BCUT2D eigenvalue weighted by Gasteiger charge is -2.18. The quantitative estimate of drug-likeness (QED) is 0.169. The third-order valence-corrected chi connectivity index (χ3v) is 5.74. The number of Topliss-reactive ketones (excluding diaryl/α,β-unsaturated/α-hetero) is 1. The van der Waals surface area contributed by atoms with E-state index < -0.39 is 37.5 Å². The summed E-state index contributed by atoms with van der Waals surface area (Å²) in [6.45, 7) is 1.33. The van der Waals surface area contributed by atoms with Gasteiger partial charge < -0.3 is 25.2 Å². The van der Waals surface area contributed by atoms with Crippen molar-refractivity contribution in [2.75, 3.05) is 13.2 Å². The summed E-state index contributed by atoms with van der Waals surface area (Å²) >= 11 is 0. The van der Waals surface area contributed by atoms with E-state index in [-0.39, 0.29) is 30.5 Å². The standard InChI is InChI=1S/C23H40O7/c1-2-3-6-9-17(26)12-13-20-19(21(27)14-22(20)28)10-7-4-5-8-11-23(29)30-18(15-24)16-25/h12-13,17-20,22,24-26,28H,2-11,14-16H2,1H3/b13-12+/t17-,19+,20+,22+/m0/s1. The molecule has 7 nitrogen and oxygen atoms in total. The zero-order chi connectivity index (χ0) is 22.4. The van der Waals surface area contributed by atoms with Gasteiger partial charge in [0.2, 0.25) is 0 Å². The van der Waals surface area contributed by atoms with E-state index in [0.29, 0.717) is 19.3 Å². The normalized spacial score (nSPS) is 22.9. The van der Waals surface area contributed by atoms with Crippen LogP contribution in [0.4, 0.5) is 0 Å². The number of hydrogen-bond acceptors (Lipinski definition) is 7. The van der Waals surface area contributed by atoms with E-state index in [1.807, 2.05) is 6.08 Å². The first-order valence-electron chi connectivity index (χ1n) is 11.4. The Morgan fingerprint density at radius 2 is 1.83 bits per heavy atom. The van der Waals surface area contributed by atoms with Gasteiger partial charge in [0, 0.05) is 24.7 Å². The maximum Gasteiger partial charge on any atom is 0.306 e. The van der Waals surface area contributed by atoms with Gasteiger partial charge in [-0.05, 0) is 19.3 Å². The van der Waals surface area contributed by atoms with Gasteiger partial charge in [-0.3, -0.25) is 9.59 Å². The summed E-state index contributed by atoms with van der Waals surface area (Å²) in [5, 5.41) is 38.1. The van der Waals surface area contributed by atoms with Crippen molar-refractivity contribution in [3.63, 3.8) is 0 Å². The van der Waals surface area contributed by atoms with E-state index >= 15 is 0 Å². The molecule has 1 aliphatic carbocycles. The van der Waals surface area contributed by atoms with Crippen LogP contribution in [-0.4, -0.2) is 63.7 Å². The van der Waals surface area contributed by atoms with E-state index in [4.69, 9.17) is 14.9 Å². The molecule has 0 unspecified atom stereocenters. The Labute approximate surface area is 180 Å². The van der Waals surface area contributed by atoms with Crippen LogP contribution >= 0.6 is 0 Å². The summed E-state index contributed by atoms with van der Waals surface area (Å²) in [5.74, 6) is -0.790. The molecule has 4 atom stereocenters. The third-order valence-electron chi connectivity index (χ3n) is 5.74. The average Bonchev–Trinajstić information content (AvgIpc) is 2.99. The van der Waals surface area contributed by atoms with Crippen LogP contribution in [0.5, 0.6) is 0 Å². The first-order valence-corrected chi connectivity index (χ1v) is 11.4. The fourth-order valence-electron chi connectivity index (χ4n) is 3.91. The highest BCUT2D eigenvalue weighted by atomic mass is 16.6. The number of unbranched alkanes of at least 4 members (excludes halogenated alkanes) is 5. The second-order valence-corrected chi connectivity index (χ2v) is 8.30. The largest absolute Gasteiger partial charge is 0.457 e. The van der Waals surface area contributed by atoms with Crippen LogP contribution in [0.15, 0.2) is 12.2 Å². The SMILES string of the molecule is CCCCC[C@H](O)/C=C/[C@H]1[C@H](O)CC(=O)[C@@H]1CCCCCCC(=O)OC(CO)CO. The van der Waals surface area contributed by atoms with Gasteiger partial charge in [-0.15, -0.1) is 0 Å². The molecular formula is C23H40O7. The van der Waals surface area contributed by atoms with Gasteiger partial charge in [-0.1, -0.05) is 57.6 Å². The Morgan fingerprint density at radius 1 is 1.13 bits per heavy atom. The number of aliphatic hydroxyl groups excluding tert-OH is 4. The second kappa shape index (κ2) is 15.5. The predicted molar refractivity (Wildman–Crippen MR) is 114 cm³/mol. The smallest absolute Gasteiger partial charge is 0.306 e. The minimum atomic E-state index is -0.854. The molecule has 174 valence electrons. The number of carbonyl (C=O) groups excluding carboxylic acids is 2. The molecule has 1 aliphatic rings. The van der Waals surface area contributed by atoms with Gasteiger partial charge in [-0.25, -0.2) is 0 Å². The van der Waals surface area contributed by atoms with E-state index in [1.165, 1.54) is 0 Å². The first kappa shape index (κ1) is 26.8. The zero-order valence-corrected chi connectivity index (χ0v) is 18.2. The Hall–Kier alpha value is -1.28. The van der Waals surface area contributed by atoms with Gasteiger partial charge in [0.25, 0.3) is 0 Å². The molecular weight excluding hydrogens is 388 g/mol. The summed E-state index contributed by atoms with van der Waals surface area (Å²) in [6, 6.07) is 0. The molecule has 0 heterocycles. The van der Waals surface area contributed by atoms with Crippen LogP contribution in [-0.2, 0) is 14.3 Å². The van der Waals surface area contributed by atoms with Crippen molar-refractivity contribution in [3.05, 3.63) is 12.2 Å². The molecule has 0 aliphatic heterocycles. The molecule has 0 aromatic rings. The number of aliphatic hydroxyl groups is 4. The molecule has 0 spiro atoms. The minimum Gasteiger partial charge on any atom is -0.457 e. The Bertz CT molecular complexity index is 516. The van der Waals surface area contributed by atoms with Gasteiger partial charge in [0.15, 0.2) is 0 Å². The van der Waals surface area contributed by atoms with Crippen LogP contribution < -0.4 is 0 Å². The number of rotatable bonds is 16. The van der Waals surface area contributed by atoms with E-state index in [2.05, 4.69) is 6.92 Å². The van der Waals surface area contributed by atoms with Crippen LogP contribution in [0.2, 0.25) is 0 Å². The van der Waals surface area contributed by atoms with E-state index in [1.54, 1.807) is 6.08 Å². The maximum absolute atomic E-state index is 12.3. The second-order valence-electron chi connectivity index (χ2n) is 8.30. The molecule has 0 aromatic carbocycles. The third kappa shape index (κ3) is 10.2. The number of esters is 1. The van der Waals surface area contributed by atoms with Crippen LogP contribution in [0.1, 0.15) is 77.6 Å². The number of hydrogen-bond donors (Lipinski definition) is 4. The van der Waals surface area contributed by atoms with Gasteiger partial charge in [-0.2, -0.15) is 0 Å². The summed E-state index contributed by atoms with van der Waals surface area (Å²) in [7, 11) is 0. The van der Waals surface area contributed by atoms with Crippen LogP contribution in [0, 0.1) is 11.8 Å². The van der Waals surface area contributed by atoms with Crippen molar-refractivity contribution in [2.45, 2.75) is 95.9 Å². The summed E-state index contributed by atoms with van der Waals surface area (Å²) < 4.78 is 4.91. The van der Waals surface area contributed by atoms with E-state index in [9.17, 15) is 19.8 Å². The molecule has 0 saturated heterocycles. The number of ether oxygens (including phenoxy) is 1. The molecule has 1 fully saturated rings. The Morgan fingerprint density at radius 3 is 2.50 bits per heavy atom. The molecule has 0 aromatic heterocycles. The van der Waals surface area contributed by atoms with Crippen molar-refractivity contribution in [1.82, 2.24) is 0 Å². The number of carbonyl (C=O) groups is 2. The van der Waals surface area contributed by atoms with Crippen molar-refractivity contribution >= 4 is 11.8 Å². The maximum atomic E-state index is 12.3. The first-order chi connectivity index (χ1) is 14.4. The highest BCUT2D eigenvalue weighted by Gasteiger charge is 2.39. The average molecular weight is 429 g/mol. The lowest BCUT2D eigenvalue weighted by molar-refractivity contribution is -0.153. The molecule has 7 heteroatoms. The fraction of sp³-hybridized carbons (Fsp3) is 0.826. The molecule has 1 rings (SSSR count). The molecule has 1 saturated carbocycles. The Balaban J connectivity index is 2.31. The van der Waals surface area contributed by atoms with Crippen molar-refractivity contribution in [1.29, 1.82) is 0 Å². The van der Waals surface area contributed by atoms with Crippen molar-refractivity contribution in [3.8, 4) is 0 Å². The number of ketones is 1. The summed E-state index contributed by atoms with van der Waals surface area (Å²) in [4.78, 5) is 23.9. The lowest BCUT2D eigenvalue weighted by atomic mass is 9.88. The topological polar surface area (TPSA) is 124 Å². The fourth-order valence-corrected chi connectivity index (χ4v) is 3.91. The Kier molecular flexibility index (Phi) is 13.8. The lowest BCUT2D eigenvalue weighted by Crippen LogP contribution is -2.25. The molecule has 0 radical (unpaired) electrons. The minimum absolute atomic E-state index is 0.0836. The van der Waals surface area contributed by atoms with Crippen molar-refractivity contribution in [2.24, 2.45) is 11.8 Å². The monoisotopic (exact) mass is 428 g/mol. The summed E-state index contributed by atoms with van der Waals surface area (Å²) in [5.41, 5.74) is 0. The zero-order valence-electron chi connectivity index (χ0n) is 18.2. The predicted octanol–water partition coefficient (Wildman–Crippen LogP) is 2.29. The summed E-state index contributed by atoms with van der Waals surface area (Å²) in [6.07, 6.45) is 9.60. The van der Waals surface area contributed by atoms with Gasteiger partial charge >= 0.3 is 5.97 Å². The molecule has 0 bridgehead atoms. The van der Waals surface area contributed by atoms with Crippen LogP contribution in [0.25, 0.3) is 0 Å². The highest BCUT2D eigenvalue weighted by molar-refractivity contribution is 5.84. The van der Waals surface area contributed by atoms with Crippen molar-refractivity contribution < 1.29 is 34.8 Å². The van der Waals surface area contributed by atoms with E-state index in [0.717, 1.165) is 38.5 Å². The molecule has 30 heavy (non-hydrogen) atoms. The van der Waals surface area contributed by atoms with Gasteiger partial charge in [0.05, 0.1) is 25.4 Å².